The Bertz CT molecular complexity index is 638. The molecule has 25 heavy (non-hydrogen) atoms. The van der Waals surface area contributed by atoms with E-state index in [9.17, 15) is 9.18 Å². The summed E-state index contributed by atoms with van der Waals surface area (Å²) >= 11 is 0. The third kappa shape index (κ3) is 4.25. The minimum atomic E-state index is -0.443. The molecule has 1 heterocycles. The number of aryl methyl sites for hydroxylation is 1. The molecule has 1 spiro atoms. The molecule has 0 unspecified atom stereocenters. The lowest BCUT2D eigenvalue weighted by Crippen LogP contribution is -2.53. The number of hydrogen-bond donors (Lipinski definition) is 1. The van der Waals surface area contributed by atoms with Crippen LogP contribution in [0, 0.1) is 18.2 Å². The summed E-state index contributed by atoms with van der Waals surface area (Å²) in [6.45, 7) is 8.99. The molecule has 0 aromatic heterocycles. The lowest BCUT2D eigenvalue weighted by atomic mass is 9.60. The number of amides is 1. The van der Waals surface area contributed by atoms with Crippen molar-refractivity contribution in [1.29, 1.82) is 0 Å². The summed E-state index contributed by atoms with van der Waals surface area (Å²) in [5.74, 6) is -0.162. The molecular weight excluding hydrogens is 319 g/mol. The van der Waals surface area contributed by atoms with Gasteiger partial charge in [-0.3, -0.25) is 0 Å². The van der Waals surface area contributed by atoms with Crippen LogP contribution in [0.1, 0.15) is 52.0 Å². The monoisotopic (exact) mass is 348 g/mol. The van der Waals surface area contributed by atoms with Gasteiger partial charge in [-0.15, -0.1) is 0 Å². The van der Waals surface area contributed by atoms with Crippen LogP contribution in [-0.2, 0) is 4.74 Å². The largest absolute Gasteiger partial charge is 0.444 e. The summed E-state index contributed by atoms with van der Waals surface area (Å²) in [5.41, 5.74) is 1.42. The summed E-state index contributed by atoms with van der Waals surface area (Å²) in [5, 5.41) is 3.44. The average Bonchev–Trinajstić information content (AvgIpc) is 2.48. The van der Waals surface area contributed by atoms with Crippen molar-refractivity contribution in [3.63, 3.8) is 0 Å². The molecule has 1 aromatic carbocycles. The topological polar surface area (TPSA) is 41.6 Å². The van der Waals surface area contributed by atoms with E-state index in [4.69, 9.17) is 4.74 Å². The van der Waals surface area contributed by atoms with Crippen molar-refractivity contribution in [2.24, 2.45) is 5.41 Å². The third-order valence-corrected chi connectivity index (χ3v) is 5.38. The number of hydrogen-bond acceptors (Lipinski definition) is 3. The van der Waals surface area contributed by atoms with Crippen molar-refractivity contribution >= 4 is 11.8 Å². The Morgan fingerprint density at radius 3 is 2.48 bits per heavy atom. The summed E-state index contributed by atoms with van der Waals surface area (Å²) < 4.78 is 19.1. The molecule has 5 heteroatoms. The van der Waals surface area contributed by atoms with E-state index in [1.807, 2.05) is 37.8 Å². The highest BCUT2D eigenvalue weighted by atomic mass is 19.1. The minimum absolute atomic E-state index is 0.162. The van der Waals surface area contributed by atoms with E-state index in [2.05, 4.69) is 5.32 Å². The van der Waals surface area contributed by atoms with Gasteiger partial charge in [0.25, 0.3) is 0 Å². The number of nitrogens with zero attached hydrogens (tertiary/aromatic N) is 1. The van der Waals surface area contributed by atoms with Gasteiger partial charge in [0.15, 0.2) is 0 Å². The predicted octanol–water partition coefficient (Wildman–Crippen LogP) is 4.73. The number of ether oxygens (including phenoxy) is 1. The van der Waals surface area contributed by atoms with Gasteiger partial charge in [-0.2, -0.15) is 0 Å². The van der Waals surface area contributed by atoms with Crippen LogP contribution in [0.3, 0.4) is 0 Å². The summed E-state index contributed by atoms with van der Waals surface area (Å²) in [4.78, 5) is 14.0. The smallest absolute Gasteiger partial charge is 0.410 e. The van der Waals surface area contributed by atoms with E-state index in [1.54, 1.807) is 13.0 Å². The molecular formula is C20H29FN2O2. The molecule has 2 fully saturated rings. The Morgan fingerprint density at radius 1 is 1.28 bits per heavy atom. The highest BCUT2D eigenvalue weighted by molar-refractivity contribution is 5.68. The highest BCUT2D eigenvalue weighted by Crippen LogP contribution is 2.50. The Balaban J connectivity index is 1.46. The van der Waals surface area contributed by atoms with Crippen molar-refractivity contribution < 1.29 is 13.9 Å². The molecule has 138 valence electrons. The van der Waals surface area contributed by atoms with Crippen molar-refractivity contribution in [1.82, 2.24) is 4.90 Å². The van der Waals surface area contributed by atoms with E-state index < -0.39 is 5.60 Å². The molecule has 0 atom stereocenters. The molecule has 4 nitrogen and oxygen atoms in total. The van der Waals surface area contributed by atoms with Gasteiger partial charge in [0.1, 0.15) is 11.4 Å². The molecule has 1 amide bonds. The van der Waals surface area contributed by atoms with Crippen molar-refractivity contribution in [3.05, 3.63) is 29.6 Å². The number of halogens is 1. The number of benzene rings is 1. The lowest BCUT2D eigenvalue weighted by Gasteiger charge is -2.52. The first kappa shape index (κ1) is 18.0. The Hall–Kier alpha value is -1.78. The number of carbonyl (C=O) groups excluding carboxylic acids is 1. The molecule has 1 aliphatic carbocycles. The second-order valence-electron chi connectivity index (χ2n) is 8.68. The third-order valence-electron chi connectivity index (χ3n) is 5.38. The zero-order valence-corrected chi connectivity index (χ0v) is 15.7. The average molecular weight is 348 g/mol. The van der Waals surface area contributed by atoms with Gasteiger partial charge in [-0.25, -0.2) is 9.18 Å². The van der Waals surface area contributed by atoms with Gasteiger partial charge in [-0.05, 0) is 76.5 Å². The first-order valence-corrected chi connectivity index (χ1v) is 9.16. The summed E-state index contributed by atoms with van der Waals surface area (Å²) in [6, 6.07) is 5.72. The molecule has 0 radical (unpaired) electrons. The molecule has 1 N–H and O–H groups in total. The maximum atomic E-state index is 13.6. The van der Waals surface area contributed by atoms with E-state index in [1.165, 1.54) is 0 Å². The molecule has 1 saturated carbocycles. The second kappa shape index (κ2) is 6.50. The van der Waals surface area contributed by atoms with Gasteiger partial charge < -0.3 is 15.0 Å². The van der Waals surface area contributed by atoms with Crippen LogP contribution < -0.4 is 5.32 Å². The van der Waals surface area contributed by atoms with E-state index >= 15 is 0 Å². The quantitative estimate of drug-likeness (QED) is 0.840. The number of piperidine rings is 1. The number of rotatable bonds is 2. The second-order valence-corrected chi connectivity index (χ2v) is 8.68. The number of anilines is 1. The molecule has 0 bridgehead atoms. The van der Waals surface area contributed by atoms with Crippen LogP contribution in [0.4, 0.5) is 14.9 Å². The fourth-order valence-electron chi connectivity index (χ4n) is 3.90. The Labute approximate surface area is 149 Å². The number of carbonyl (C=O) groups is 1. The maximum Gasteiger partial charge on any atom is 0.410 e. The van der Waals surface area contributed by atoms with Crippen LogP contribution in [0.5, 0.6) is 0 Å². The van der Waals surface area contributed by atoms with Crippen LogP contribution >= 0.6 is 0 Å². The van der Waals surface area contributed by atoms with Crippen LogP contribution in [0.25, 0.3) is 0 Å². The van der Waals surface area contributed by atoms with Gasteiger partial charge in [-0.1, -0.05) is 6.07 Å². The van der Waals surface area contributed by atoms with Gasteiger partial charge >= 0.3 is 6.09 Å². The normalized spacial score (nSPS) is 20.3. The van der Waals surface area contributed by atoms with Gasteiger partial charge in [0, 0.05) is 24.8 Å². The molecule has 2 aliphatic rings. The van der Waals surface area contributed by atoms with Crippen molar-refractivity contribution in [3.8, 4) is 0 Å². The summed E-state index contributed by atoms with van der Waals surface area (Å²) in [7, 11) is 0. The van der Waals surface area contributed by atoms with Gasteiger partial charge in [0.2, 0.25) is 0 Å². The number of nitrogens with one attached hydrogen (secondary N) is 1. The first-order valence-electron chi connectivity index (χ1n) is 9.16. The zero-order chi connectivity index (χ0) is 18.2. The van der Waals surface area contributed by atoms with Crippen LogP contribution in [0.15, 0.2) is 18.2 Å². The SMILES string of the molecule is Cc1ccc(NC2CC3(CCN(C(=O)OC(C)(C)C)CC3)C2)cc1F. The minimum Gasteiger partial charge on any atom is -0.444 e. The Kier molecular flexibility index (Phi) is 4.69. The maximum absolute atomic E-state index is 13.6. The van der Waals surface area contributed by atoms with Crippen LogP contribution in [0.2, 0.25) is 0 Å². The number of likely N-dealkylation sites (tertiary alicyclic amines) is 1. The molecule has 1 aromatic rings. The molecule has 1 aliphatic heterocycles. The van der Waals surface area contributed by atoms with Crippen molar-refractivity contribution in [2.45, 2.75) is 65.0 Å². The van der Waals surface area contributed by atoms with Crippen molar-refractivity contribution in [2.75, 3.05) is 18.4 Å². The standard InChI is InChI=1S/C20H29FN2O2/c1-14-5-6-15(11-17(14)21)22-16-12-20(13-16)7-9-23(10-8-20)18(24)25-19(2,3)4/h5-6,11,16,22H,7-10,12-13H2,1-4H3. The summed E-state index contributed by atoms with van der Waals surface area (Å²) in [6.07, 6.45) is 4.01. The fourth-order valence-corrected chi connectivity index (χ4v) is 3.90. The highest BCUT2D eigenvalue weighted by Gasteiger charge is 2.46. The lowest BCUT2D eigenvalue weighted by molar-refractivity contribution is -0.00859. The predicted molar refractivity (Wildman–Crippen MR) is 97.3 cm³/mol. The molecule has 1 saturated heterocycles. The van der Waals surface area contributed by atoms with E-state index in [0.29, 0.717) is 17.0 Å². The van der Waals surface area contributed by atoms with E-state index in [0.717, 1.165) is 44.5 Å². The first-order chi connectivity index (χ1) is 11.7. The Morgan fingerprint density at radius 2 is 1.92 bits per heavy atom. The fraction of sp³-hybridized carbons (Fsp3) is 0.650. The van der Waals surface area contributed by atoms with Crippen LogP contribution in [-0.4, -0.2) is 35.7 Å². The van der Waals surface area contributed by atoms with Gasteiger partial charge in [0.05, 0.1) is 0 Å². The van der Waals surface area contributed by atoms with E-state index in [-0.39, 0.29) is 11.9 Å². The molecule has 3 rings (SSSR count). The zero-order valence-electron chi connectivity index (χ0n) is 15.7.